The number of aryl methyl sites for hydroxylation is 1. The Balaban J connectivity index is 2.19. The molecule has 2 N–H and O–H groups in total. The molecule has 5 nitrogen and oxygen atoms in total. The molecule has 6 heteroatoms. The van der Waals surface area contributed by atoms with Crippen LogP contribution < -0.4 is 5.32 Å². The van der Waals surface area contributed by atoms with E-state index >= 15 is 0 Å². The first-order valence-electron chi connectivity index (χ1n) is 4.78. The molecule has 0 fully saturated rings. The lowest BCUT2D eigenvalue weighted by atomic mass is 10.3. The van der Waals surface area contributed by atoms with Gasteiger partial charge in [0.05, 0.1) is 5.02 Å². The Morgan fingerprint density at radius 2 is 2.29 bits per heavy atom. The van der Waals surface area contributed by atoms with Crippen molar-refractivity contribution in [2.45, 2.75) is 6.92 Å². The van der Waals surface area contributed by atoms with E-state index in [9.17, 15) is 9.90 Å². The molecule has 17 heavy (non-hydrogen) atoms. The number of amides is 1. The van der Waals surface area contributed by atoms with Crippen molar-refractivity contribution in [2.75, 3.05) is 5.32 Å². The molecule has 2 aromatic rings. The Morgan fingerprint density at radius 3 is 2.88 bits per heavy atom. The number of hydrogen-bond donors (Lipinski definition) is 2. The van der Waals surface area contributed by atoms with E-state index in [1.165, 1.54) is 24.6 Å². The molecule has 1 heterocycles. The molecule has 0 aliphatic heterocycles. The maximum absolute atomic E-state index is 11.8. The average Bonchev–Trinajstić information content (AvgIpc) is 2.70. The van der Waals surface area contributed by atoms with E-state index in [1.807, 2.05) is 0 Å². The first-order chi connectivity index (χ1) is 8.08. The predicted molar refractivity (Wildman–Crippen MR) is 62.3 cm³/mol. The fraction of sp³-hybridized carbons (Fsp3) is 0.0909. The molecule has 0 unspecified atom stereocenters. The quantitative estimate of drug-likeness (QED) is 0.806. The summed E-state index contributed by atoms with van der Waals surface area (Å²) in [5, 5.41) is 12.0. The summed E-state index contributed by atoms with van der Waals surface area (Å²) in [6, 6.07) is 4.38. The van der Waals surface area contributed by atoms with Crippen LogP contribution in [-0.4, -0.2) is 16.0 Å². The maximum Gasteiger partial charge on any atom is 0.277 e. The SMILES string of the molecule is Cc1ocnc1C(=O)Nc1ccc(O)c(Cl)c1. The van der Waals surface area contributed by atoms with Crippen LogP contribution in [0.2, 0.25) is 5.02 Å². The second-order valence-electron chi connectivity index (χ2n) is 3.38. The van der Waals surface area contributed by atoms with Crippen molar-refractivity contribution in [2.24, 2.45) is 0 Å². The number of rotatable bonds is 2. The van der Waals surface area contributed by atoms with E-state index in [2.05, 4.69) is 10.3 Å². The molecule has 0 saturated carbocycles. The van der Waals surface area contributed by atoms with E-state index in [0.717, 1.165) is 0 Å². The molecule has 0 atom stereocenters. The lowest BCUT2D eigenvalue weighted by Gasteiger charge is -2.04. The maximum atomic E-state index is 11.8. The number of oxazole rings is 1. The van der Waals surface area contributed by atoms with Gasteiger partial charge in [0, 0.05) is 5.69 Å². The van der Waals surface area contributed by atoms with Gasteiger partial charge in [-0.15, -0.1) is 0 Å². The zero-order valence-electron chi connectivity index (χ0n) is 8.90. The van der Waals surface area contributed by atoms with Gasteiger partial charge >= 0.3 is 0 Å². The summed E-state index contributed by atoms with van der Waals surface area (Å²) < 4.78 is 4.93. The topological polar surface area (TPSA) is 75.4 Å². The van der Waals surface area contributed by atoms with Crippen LogP contribution in [0, 0.1) is 6.92 Å². The van der Waals surface area contributed by atoms with E-state index < -0.39 is 5.91 Å². The van der Waals surface area contributed by atoms with Gasteiger partial charge in [-0.3, -0.25) is 4.79 Å². The smallest absolute Gasteiger partial charge is 0.277 e. The predicted octanol–water partition coefficient (Wildman–Crippen LogP) is 2.59. The molecule has 0 bridgehead atoms. The number of carbonyl (C=O) groups excluding carboxylic acids is 1. The molecular formula is C11H9ClN2O3. The lowest BCUT2D eigenvalue weighted by molar-refractivity contribution is 0.102. The molecule has 0 aliphatic rings. The Hall–Kier alpha value is -2.01. The van der Waals surface area contributed by atoms with Crippen LogP contribution in [0.15, 0.2) is 29.0 Å². The Kier molecular flexibility index (Phi) is 3.01. The number of benzene rings is 1. The van der Waals surface area contributed by atoms with Crippen LogP contribution in [0.4, 0.5) is 5.69 Å². The van der Waals surface area contributed by atoms with Crippen LogP contribution in [-0.2, 0) is 0 Å². The van der Waals surface area contributed by atoms with Crippen molar-refractivity contribution in [3.8, 4) is 5.75 Å². The second kappa shape index (κ2) is 4.47. The molecular weight excluding hydrogens is 244 g/mol. The minimum atomic E-state index is -0.391. The summed E-state index contributed by atoms with van der Waals surface area (Å²) in [6.45, 7) is 1.64. The highest BCUT2D eigenvalue weighted by molar-refractivity contribution is 6.32. The molecule has 88 valence electrons. The summed E-state index contributed by atoms with van der Waals surface area (Å²) in [6.07, 6.45) is 1.20. The highest BCUT2D eigenvalue weighted by Gasteiger charge is 2.13. The molecule has 1 aromatic carbocycles. The summed E-state index contributed by atoms with van der Waals surface area (Å²) in [5.74, 6) is 0.00710. The van der Waals surface area contributed by atoms with Crippen LogP contribution in [0.1, 0.15) is 16.2 Å². The van der Waals surface area contributed by atoms with Crippen molar-refractivity contribution in [3.63, 3.8) is 0 Å². The number of aromatic hydroxyl groups is 1. The van der Waals surface area contributed by atoms with Crippen molar-refractivity contribution in [3.05, 3.63) is 41.1 Å². The van der Waals surface area contributed by atoms with Gasteiger partial charge in [-0.05, 0) is 25.1 Å². The molecule has 0 saturated heterocycles. The van der Waals surface area contributed by atoms with Gasteiger partial charge in [0.1, 0.15) is 11.5 Å². The Labute approximate surface area is 102 Å². The minimum Gasteiger partial charge on any atom is -0.506 e. The summed E-state index contributed by atoms with van der Waals surface area (Å²) >= 11 is 5.72. The summed E-state index contributed by atoms with van der Waals surface area (Å²) in [4.78, 5) is 15.5. The number of phenolic OH excluding ortho intramolecular Hbond substituents is 1. The average molecular weight is 253 g/mol. The number of nitrogens with zero attached hydrogens (tertiary/aromatic N) is 1. The molecule has 0 aliphatic carbocycles. The monoisotopic (exact) mass is 252 g/mol. The Morgan fingerprint density at radius 1 is 1.53 bits per heavy atom. The first-order valence-corrected chi connectivity index (χ1v) is 5.15. The van der Waals surface area contributed by atoms with Gasteiger partial charge in [0.15, 0.2) is 12.1 Å². The number of hydrogen-bond acceptors (Lipinski definition) is 4. The third-order valence-electron chi connectivity index (χ3n) is 2.17. The fourth-order valence-electron chi connectivity index (χ4n) is 1.30. The largest absolute Gasteiger partial charge is 0.506 e. The van der Waals surface area contributed by atoms with Crippen LogP contribution >= 0.6 is 11.6 Å². The zero-order valence-corrected chi connectivity index (χ0v) is 9.65. The third kappa shape index (κ3) is 2.39. The third-order valence-corrected chi connectivity index (χ3v) is 2.47. The van der Waals surface area contributed by atoms with Gasteiger partial charge in [-0.2, -0.15) is 0 Å². The molecule has 2 rings (SSSR count). The normalized spacial score (nSPS) is 10.2. The number of nitrogens with one attached hydrogen (secondary N) is 1. The van der Waals surface area contributed by atoms with Gasteiger partial charge < -0.3 is 14.8 Å². The minimum absolute atomic E-state index is 0.0396. The zero-order chi connectivity index (χ0) is 12.4. The molecule has 0 radical (unpaired) electrons. The van der Waals surface area contributed by atoms with Crippen molar-refractivity contribution in [1.29, 1.82) is 0 Å². The van der Waals surface area contributed by atoms with Crippen molar-refractivity contribution >= 4 is 23.2 Å². The number of halogens is 1. The van der Waals surface area contributed by atoms with Gasteiger partial charge in [-0.25, -0.2) is 4.98 Å². The van der Waals surface area contributed by atoms with Crippen molar-refractivity contribution in [1.82, 2.24) is 4.98 Å². The molecule has 1 aromatic heterocycles. The van der Waals surface area contributed by atoms with Crippen molar-refractivity contribution < 1.29 is 14.3 Å². The van der Waals surface area contributed by atoms with Crippen LogP contribution in [0.3, 0.4) is 0 Å². The lowest BCUT2D eigenvalue weighted by Crippen LogP contribution is -2.13. The molecule has 0 spiro atoms. The number of phenols is 1. The number of carbonyl (C=O) groups is 1. The van der Waals surface area contributed by atoms with E-state index in [-0.39, 0.29) is 16.5 Å². The fourth-order valence-corrected chi connectivity index (χ4v) is 1.48. The van der Waals surface area contributed by atoms with Crippen LogP contribution in [0.25, 0.3) is 0 Å². The highest BCUT2D eigenvalue weighted by atomic mass is 35.5. The van der Waals surface area contributed by atoms with Crippen LogP contribution in [0.5, 0.6) is 5.75 Å². The van der Waals surface area contributed by atoms with E-state index in [4.69, 9.17) is 16.0 Å². The highest BCUT2D eigenvalue weighted by Crippen LogP contribution is 2.26. The standard InChI is InChI=1S/C11H9ClN2O3/c1-6-10(13-5-17-6)11(16)14-7-2-3-9(15)8(12)4-7/h2-5,15H,1H3,(H,14,16). The number of anilines is 1. The molecule has 1 amide bonds. The number of aromatic nitrogens is 1. The van der Waals surface area contributed by atoms with E-state index in [0.29, 0.717) is 11.4 Å². The van der Waals surface area contributed by atoms with E-state index in [1.54, 1.807) is 6.92 Å². The summed E-state index contributed by atoms with van der Waals surface area (Å²) in [5.41, 5.74) is 0.689. The Bertz CT molecular complexity index is 566. The second-order valence-corrected chi connectivity index (χ2v) is 3.78. The first kappa shape index (κ1) is 11.5. The summed E-state index contributed by atoms with van der Waals surface area (Å²) in [7, 11) is 0. The van der Waals surface area contributed by atoms with Gasteiger partial charge in [-0.1, -0.05) is 11.6 Å². The van der Waals surface area contributed by atoms with Gasteiger partial charge in [0.2, 0.25) is 0 Å². The van der Waals surface area contributed by atoms with Gasteiger partial charge in [0.25, 0.3) is 5.91 Å².